The van der Waals surface area contributed by atoms with Gasteiger partial charge in [0.2, 0.25) is 0 Å². The fourth-order valence-corrected chi connectivity index (χ4v) is 3.04. The van der Waals surface area contributed by atoms with Crippen LogP contribution in [0.25, 0.3) is 0 Å². The van der Waals surface area contributed by atoms with Gasteiger partial charge in [-0.3, -0.25) is 10.1 Å². The fraction of sp³-hybridized carbons (Fsp3) is 0.263. The maximum Gasteiger partial charge on any atom is 0.257 e. The smallest absolute Gasteiger partial charge is 0.257 e. The number of rotatable bonds is 3. The highest BCUT2D eigenvalue weighted by Crippen LogP contribution is 2.26. The Bertz CT molecular complexity index is 788. The van der Waals surface area contributed by atoms with Crippen molar-refractivity contribution in [3.8, 4) is 0 Å². The monoisotopic (exact) mass is 372 g/mol. The van der Waals surface area contributed by atoms with E-state index in [-0.39, 0.29) is 16.8 Å². The second kappa shape index (κ2) is 8.25. The number of thiocarbonyl (C=S) groups is 1. The van der Waals surface area contributed by atoms with Gasteiger partial charge in [-0.15, -0.1) is 0 Å². The highest BCUT2D eigenvalue weighted by Gasteiger charge is 2.17. The molecule has 1 aliphatic heterocycles. The Balaban J connectivity index is 1.66. The van der Waals surface area contributed by atoms with Gasteiger partial charge in [0, 0.05) is 31.7 Å². The third kappa shape index (κ3) is 4.56. The van der Waals surface area contributed by atoms with Crippen LogP contribution < -0.4 is 15.5 Å². The lowest BCUT2D eigenvalue weighted by Gasteiger charge is -2.35. The molecule has 2 N–H and O–H groups in total. The summed E-state index contributed by atoms with van der Waals surface area (Å²) in [6.45, 7) is 3.87. The number of benzene rings is 2. The molecule has 0 radical (unpaired) electrons. The summed E-state index contributed by atoms with van der Waals surface area (Å²) in [6.07, 6.45) is 0. The van der Waals surface area contributed by atoms with E-state index < -0.39 is 0 Å². The lowest BCUT2D eigenvalue weighted by atomic mass is 10.2. The largest absolute Gasteiger partial charge is 0.367 e. The number of para-hydroxylation sites is 2. The number of anilines is 2. The highest BCUT2D eigenvalue weighted by atomic mass is 32.1. The number of carbonyl (C=O) groups excluding carboxylic acids is 1. The Morgan fingerprint density at radius 1 is 1.04 bits per heavy atom. The molecule has 1 amide bonds. The van der Waals surface area contributed by atoms with Crippen LogP contribution in [0.1, 0.15) is 10.4 Å². The van der Waals surface area contributed by atoms with Crippen molar-refractivity contribution in [1.82, 2.24) is 10.2 Å². The zero-order chi connectivity index (χ0) is 18.5. The molecule has 0 bridgehead atoms. The van der Waals surface area contributed by atoms with E-state index >= 15 is 0 Å². The van der Waals surface area contributed by atoms with Crippen molar-refractivity contribution in [1.29, 1.82) is 0 Å². The molecule has 0 unspecified atom stereocenters. The van der Waals surface area contributed by atoms with Gasteiger partial charge < -0.3 is 15.1 Å². The van der Waals surface area contributed by atoms with E-state index in [2.05, 4.69) is 27.5 Å². The van der Waals surface area contributed by atoms with Crippen LogP contribution >= 0.6 is 12.2 Å². The molecule has 26 heavy (non-hydrogen) atoms. The molecule has 5 nitrogen and oxygen atoms in total. The number of likely N-dealkylation sites (N-methyl/N-ethyl adjacent to an activating group) is 1. The Morgan fingerprint density at radius 2 is 1.69 bits per heavy atom. The van der Waals surface area contributed by atoms with Gasteiger partial charge in [0.25, 0.3) is 5.91 Å². The van der Waals surface area contributed by atoms with E-state index in [1.807, 2.05) is 24.3 Å². The first-order valence-electron chi connectivity index (χ1n) is 8.43. The minimum atomic E-state index is -0.386. The van der Waals surface area contributed by atoms with Crippen molar-refractivity contribution in [2.45, 2.75) is 0 Å². The molecule has 0 saturated carbocycles. The standard InChI is InChI=1S/C19H21FN4OS/c1-23-10-12-24(13-11-23)17-5-3-2-4-16(17)21-19(26)22-18(25)14-6-8-15(20)9-7-14/h2-9H,10-13H2,1H3,(H2,21,22,25,26). The summed E-state index contributed by atoms with van der Waals surface area (Å²) in [5, 5.41) is 5.94. The first-order chi connectivity index (χ1) is 12.5. The first kappa shape index (κ1) is 18.3. The lowest BCUT2D eigenvalue weighted by Crippen LogP contribution is -2.45. The summed E-state index contributed by atoms with van der Waals surface area (Å²) in [7, 11) is 2.11. The van der Waals surface area contributed by atoms with Gasteiger partial charge in [0.05, 0.1) is 11.4 Å². The lowest BCUT2D eigenvalue weighted by molar-refractivity contribution is 0.0977. The average Bonchev–Trinajstić information content (AvgIpc) is 2.63. The average molecular weight is 372 g/mol. The molecule has 1 fully saturated rings. The molecule has 136 valence electrons. The summed E-state index contributed by atoms with van der Waals surface area (Å²) in [6, 6.07) is 13.2. The Hall–Kier alpha value is -2.51. The predicted molar refractivity (Wildman–Crippen MR) is 106 cm³/mol. The van der Waals surface area contributed by atoms with Crippen molar-refractivity contribution in [2.75, 3.05) is 43.4 Å². The third-order valence-electron chi connectivity index (χ3n) is 4.33. The maximum absolute atomic E-state index is 13.0. The molecule has 3 rings (SSSR count). The van der Waals surface area contributed by atoms with Crippen LogP contribution in [0, 0.1) is 5.82 Å². The number of nitrogens with one attached hydrogen (secondary N) is 2. The van der Waals surface area contributed by atoms with Gasteiger partial charge in [0.1, 0.15) is 5.82 Å². The molecule has 0 aliphatic carbocycles. The summed E-state index contributed by atoms with van der Waals surface area (Å²) in [5.74, 6) is -0.761. The first-order valence-corrected chi connectivity index (χ1v) is 8.84. The Morgan fingerprint density at radius 3 is 2.38 bits per heavy atom. The van der Waals surface area contributed by atoms with E-state index in [1.165, 1.54) is 24.3 Å². The van der Waals surface area contributed by atoms with E-state index in [9.17, 15) is 9.18 Å². The van der Waals surface area contributed by atoms with Crippen LogP contribution in [0.15, 0.2) is 48.5 Å². The molecule has 2 aromatic carbocycles. The van der Waals surface area contributed by atoms with Crippen molar-refractivity contribution >= 4 is 34.6 Å². The van der Waals surface area contributed by atoms with Crippen LogP contribution in [0.3, 0.4) is 0 Å². The van der Waals surface area contributed by atoms with Crippen LogP contribution in [0.5, 0.6) is 0 Å². The minimum absolute atomic E-state index is 0.209. The van der Waals surface area contributed by atoms with Crippen LogP contribution in [0.2, 0.25) is 0 Å². The summed E-state index contributed by atoms with van der Waals surface area (Å²) in [5.41, 5.74) is 2.25. The molecule has 0 aromatic heterocycles. The molecule has 1 aliphatic rings. The zero-order valence-corrected chi connectivity index (χ0v) is 15.4. The summed E-state index contributed by atoms with van der Waals surface area (Å²) in [4.78, 5) is 16.8. The number of piperazine rings is 1. The molecule has 2 aromatic rings. The summed E-state index contributed by atoms with van der Waals surface area (Å²) < 4.78 is 13.0. The normalized spacial score (nSPS) is 14.8. The Kier molecular flexibility index (Phi) is 5.80. The third-order valence-corrected chi connectivity index (χ3v) is 4.53. The number of carbonyl (C=O) groups is 1. The minimum Gasteiger partial charge on any atom is -0.367 e. The Labute approximate surface area is 157 Å². The zero-order valence-electron chi connectivity index (χ0n) is 14.5. The van der Waals surface area contributed by atoms with Gasteiger partial charge in [-0.1, -0.05) is 12.1 Å². The van der Waals surface area contributed by atoms with Crippen molar-refractivity contribution in [3.05, 3.63) is 59.9 Å². The van der Waals surface area contributed by atoms with Crippen LogP contribution in [-0.2, 0) is 0 Å². The number of hydrogen-bond donors (Lipinski definition) is 2. The highest BCUT2D eigenvalue weighted by molar-refractivity contribution is 7.80. The van der Waals surface area contributed by atoms with Crippen molar-refractivity contribution in [3.63, 3.8) is 0 Å². The van der Waals surface area contributed by atoms with E-state index in [4.69, 9.17) is 12.2 Å². The van der Waals surface area contributed by atoms with Gasteiger partial charge in [-0.25, -0.2) is 4.39 Å². The second-order valence-corrected chi connectivity index (χ2v) is 6.63. The molecular weight excluding hydrogens is 351 g/mol. The fourth-order valence-electron chi connectivity index (χ4n) is 2.83. The van der Waals surface area contributed by atoms with Crippen LogP contribution in [-0.4, -0.2) is 49.1 Å². The predicted octanol–water partition coefficient (Wildman–Crippen LogP) is 2.70. The topological polar surface area (TPSA) is 47.6 Å². The number of halogens is 1. The molecule has 1 saturated heterocycles. The quantitative estimate of drug-likeness (QED) is 0.812. The number of nitrogens with zero attached hydrogens (tertiary/aromatic N) is 2. The molecule has 7 heteroatoms. The van der Waals surface area contributed by atoms with Crippen LogP contribution in [0.4, 0.5) is 15.8 Å². The van der Waals surface area contributed by atoms with Crippen molar-refractivity contribution in [2.24, 2.45) is 0 Å². The molecular formula is C19H21FN4OS. The van der Waals surface area contributed by atoms with E-state index in [0.29, 0.717) is 5.56 Å². The summed E-state index contributed by atoms with van der Waals surface area (Å²) >= 11 is 5.27. The molecule has 0 spiro atoms. The van der Waals surface area contributed by atoms with E-state index in [0.717, 1.165) is 37.6 Å². The number of amides is 1. The second-order valence-electron chi connectivity index (χ2n) is 6.22. The SMILES string of the molecule is CN1CCN(c2ccccc2NC(=S)NC(=O)c2ccc(F)cc2)CC1. The van der Waals surface area contributed by atoms with Gasteiger partial charge in [-0.05, 0) is 55.7 Å². The molecule has 0 atom stereocenters. The van der Waals surface area contributed by atoms with Gasteiger partial charge >= 0.3 is 0 Å². The van der Waals surface area contributed by atoms with Crippen molar-refractivity contribution < 1.29 is 9.18 Å². The van der Waals surface area contributed by atoms with Gasteiger partial charge in [-0.2, -0.15) is 0 Å². The van der Waals surface area contributed by atoms with Gasteiger partial charge in [0.15, 0.2) is 5.11 Å². The van der Waals surface area contributed by atoms with E-state index in [1.54, 1.807) is 0 Å². The maximum atomic E-state index is 13.0. The number of hydrogen-bond acceptors (Lipinski definition) is 4. The molecule has 1 heterocycles.